The minimum Gasteiger partial charge on any atom is -0.367 e. The second-order valence-corrected chi connectivity index (χ2v) is 6.27. The van der Waals surface area contributed by atoms with E-state index in [0.29, 0.717) is 23.8 Å². The number of primary amides is 1. The highest BCUT2D eigenvalue weighted by Gasteiger charge is 2.17. The zero-order valence-electron chi connectivity index (χ0n) is 14.6. The van der Waals surface area contributed by atoms with Crippen LogP contribution in [0.4, 0.5) is 5.82 Å². The molecular formula is C19H22N6O. The normalized spacial score (nSPS) is 12.1. The number of allylic oxidation sites excluding steroid dienone is 1. The average molecular weight is 350 g/mol. The summed E-state index contributed by atoms with van der Waals surface area (Å²) in [7, 11) is 0. The topological polar surface area (TPSA) is 123 Å². The van der Waals surface area contributed by atoms with E-state index in [9.17, 15) is 4.79 Å². The summed E-state index contributed by atoms with van der Waals surface area (Å²) in [5.41, 5.74) is 14.5. The minimum absolute atomic E-state index is 0.0348. The molecule has 0 saturated carbocycles. The maximum Gasteiger partial charge on any atom is 0.269 e. The van der Waals surface area contributed by atoms with Crippen LogP contribution in [0.25, 0.3) is 22.3 Å². The number of fused-ring (bicyclic) bond motifs is 1. The van der Waals surface area contributed by atoms with E-state index in [2.05, 4.69) is 32.9 Å². The summed E-state index contributed by atoms with van der Waals surface area (Å²) in [5, 5.41) is 4.12. The van der Waals surface area contributed by atoms with Crippen LogP contribution >= 0.6 is 0 Å². The van der Waals surface area contributed by atoms with E-state index < -0.39 is 5.91 Å². The molecule has 1 aromatic carbocycles. The van der Waals surface area contributed by atoms with Crippen LogP contribution in [0.2, 0.25) is 0 Å². The number of nitrogens with one attached hydrogen (secondary N) is 2. The van der Waals surface area contributed by atoms with Crippen LogP contribution in [0.15, 0.2) is 43.1 Å². The lowest BCUT2D eigenvalue weighted by Gasteiger charge is -2.10. The molecule has 0 bridgehead atoms. The number of amides is 1. The van der Waals surface area contributed by atoms with Crippen molar-refractivity contribution in [3.05, 3.63) is 54.4 Å². The summed E-state index contributed by atoms with van der Waals surface area (Å²) in [6, 6.07) is 8.01. The van der Waals surface area contributed by atoms with Crippen LogP contribution in [-0.2, 0) is 6.42 Å². The zero-order valence-corrected chi connectivity index (χ0v) is 14.6. The molecular weight excluding hydrogens is 328 g/mol. The standard InChI is InChI=1S/C19H22N6O/c1-3-4-12-5-6-14-13(7-12)8-15(24-14)17-18(19(21)26)23-10-16(25-17)22-9-11(2)20/h3,5-8,10-11,24H,1,4,9,20H2,2H3,(H2,21,26)(H,22,25). The van der Waals surface area contributed by atoms with E-state index in [0.717, 1.165) is 22.9 Å². The van der Waals surface area contributed by atoms with Crippen molar-refractivity contribution in [2.45, 2.75) is 19.4 Å². The van der Waals surface area contributed by atoms with Gasteiger partial charge in [-0.25, -0.2) is 9.97 Å². The third kappa shape index (κ3) is 3.73. The molecule has 0 radical (unpaired) electrons. The van der Waals surface area contributed by atoms with Crippen molar-refractivity contribution < 1.29 is 4.79 Å². The Morgan fingerprint density at radius 3 is 2.92 bits per heavy atom. The number of carbonyl (C=O) groups excluding carboxylic acids is 1. The molecule has 3 rings (SSSR count). The van der Waals surface area contributed by atoms with Gasteiger partial charge in [-0.15, -0.1) is 6.58 Å². The molecule has 0 saturated heterocycles. The lowest BCUT2D eigenvalue weighted by molar-refractivity contribution is 0.0996. The fourth-order valence-corrected chi connectivity index (χ4v) is 2.71. The molecule has 7 nitrogen and oxygen atoms in total. The monoisotopic (exact) mass is 350 g/mol. The van der Waals surface area contributed by atoms with Crippen molar-refractivity contribution in [3.63, 3.8) is 0 Å². The number of aromatic nitrogens is 3. The van der Waals surface area contributed by atoms with Gasteiger partial charge in [0.05, 0.1) is 11.9 Å². The number of anilines is 1. The van der Waals surface area contributed by atoms with Crippen molar-refractivity contribution in [1.29, 1.82) is 0 Å². The van der Waals surface area contributed by atoms with Crippen LogP contribution in [0.3, 0.4) is 0 Å². The van der Waals surface area contributed by atoms with E-state index in [4.69, 9.17) is 11.5 Å². The summed E-state index contributed by atoms with van der Waals surface area (Å²) in [6.07, 6.45) is 4.13. The maximum absolute atomic E-state index is 11.8. The van der Waals surface area contributed by atoms with E-state index >= 15 is 0 Å². The van der Waals surface area contributed by atoms with Gasteiger partial charge in [-0.05, 0) is 37.1 Å². The van der Waals surface area contributed by atoms with Gasteiger partial charge in [-0.3, -0.25) is 4.79 Å². The van der Waals surface area contributed by atoms with Gasteiger partial charge in [0.2, 0.25) is 0 Å². The van der Waals surface area contributed by atoms with Crippen molar-refractivity contribution in [2.75, 3.05) is 11.9 Å². The molecule has 0 spiro atoms. The van der Waals surface area contributed by atoms with E-state index in [1.807, 2.05) is 31.2 Å². The highest BCUT2D eigenvalue weighted by Crippen LogP contribution is 2.26. The van der Waals surface area contributed by atoms with E-state index in [1.165, 1.54) is 6.20 Å². The molecule has 134 valence electrons. The first-order chi connectivity index (χ1) is 12.5. The highest BCUT2D eigenvalue weighted by molar-refractivity contribution is 5.98. The maximum atomic E-state index is 11.8. The summed E-state index contributed by atoms with van der Waals surface area (Å²) in [4.78, 5) is 23.8. The predicted octanol–water partition coefficient (Wildman–Crippen LogP) is 2.21. The second kappa shape index (κ2) is 7.37. The first-order valence-corrected chi connectivity index (χ1v) is 8.37. The fourth-order valence-electron chi connectivity index (χ4n) is 2.71. The SMILES string of the molecule is C=CCc1ccc2[nH]c(-c3nc(NCC(C)N)cnc3C(N)=O)cc2c1. The Hall–Kier alpha value is -3.19. The molecule has 2 aromatic heterocycles. The molecule has 3 aromatic rings. The molecule has 0 aliphatic rings. The van der Waals surface area contributed by atoms with Crippen molar-refractivity contribution >= 4 is 22.6 Å². The number of hydrogen-bond acceptors (Lipinski definition) is 5. The average Bonchev–Trinajstić information content (AvgIpc) is 3.03. The Morgan fingerprint density at radius 1 is 1.42 bits per heavy atom. The molecule has 26 heavy (non-hydrogen) atoms. The molecule has 0 aliphatic heterocycles. The zero-order chi connectivity index (χ0) is 18.7. The van der Waals surface area contributed by atoms with Crippen LogP contribution in [0.1, 0.15) is 23.0 Å². The summed E-state index contributed by atoms with van der Waals surface area (Å²) in [6.45, 7) is 6.20. The van der Waals surface area contributed by atoms with Gasteiger partial charge in [0.25, 0.3) is 5.91 Å². The first kappa shape index (κ1) is 17.6. The van der Waals surface area contributed by atoms with Crippen molar-refractivity contribution in [1.82, 2.24) is 15.0 Å². The fraction of sp³-hybridized carbons (Fsp3) is 0.211. The number of H-pyrrole nitrogens is 1. The number of carbonyl (C=O) groups is 1. The lowest BCUT2D eigenvalue weighted by Crippen LogP contribution is -2.26. The number of aromatic amines is 1. The predicted molar refractivity (Wildman–Crippen MR) is 104 cm³/mol. The van der Waals surface area contributed by atoms with Gasteiger partial charge in [-0.1, -0.05) is 12.1 Å². The molecule has 2 heterocycles. The van der Waals surface area contributed by atoms with Gasteiger partial charge < -0.3 is 21.8 Å². The Labute approximate surface area is 151 Å². The number of hydrogen-bond donors (Lipinski definition) is 4. The molecule has 1 unspecified atom stereocenters. The van der Waals surface area contributed by atoms with Gasteiger partial charge in [0.1, 0.15) is 11.5 Å². The number of nitrogens with zero attached hydrogens (tertiary/aromatic N) is 2. The van der Waals surface area contributed by atoms with Crippen LogP contribution in [-0.4, -0.2) is 33.4 Å². The van der Waals surface area contributed by atoms with Crippen molar-refractivity contribution in [2.24, 2.45) is 11.5 Å². The van der Waals surface area contributed by atoms with E-state index in [-0.39, 0.29) is 11.7 Å². The van der Waals surface area contributed by atoms with Gasteiger partial charge in [-0.2, -0.15) is 0 Å². The number of nitrogens with two attached hydrogens (primary N) is 2. The highest BCUT2D eigenvalue weighted by atomic mass is 16.1. The van der Waals surface area contributed by atoms with Crippen molar-refractivity contribution in [3.8, 4) is 11.4 Å². The van der Waals surface area contributed by atoms with E-state index in [1.54, 1.807) is 0 Å². The summed E-state index contributed by atoms with van der Waals surface area (Å²) < 4.78 is 0. The largest absolute Gasteiger partial charge is 0.367 e. The summed E-state index contributed by atoms with van der Waals surface area (Å²) >= 11 is 0. The molecule has 0 fully saturated rings. The smallest absolute Gasteiger partial charge is 0.269 e. The van der Waals surface area contributed by atoms with Crippen LogP contribution in [0.5, 0.6) is 0 Å². The molecule has 6 N–H and O–H groups in total. The Bertz CT molecular complexity index is 960. The first-order valence-electron chi connectivity index (χ1n) is 8.37. The number of benzene rings is 1. The molecule has 7 heteroatoms. The minimum atomic E-state index is -0.628. The molecule has 1 amide bonds. The second-order valence-electron chi connectivity index (χ2n) is 6.27. The lowest BCUT2D eigenvalue weighted by atomic mass is 10.1. The Kier molecular flexibility index (Phi) is 4.99. The third-order valence-corrected chi connectivity index (χ3v) is 3.93. The quantitative estimate of drug-likeness (QED) is 0.487. The number of rotatable bonds is 7. The van der Waals surface area contributed by atoms with Gasteiger partial charge in [0, 0.05) is 23.5 Å². The van der Waals surface area contributed by atoms with Crippen LogP contribution in [0, 0.1) is 0 Å². The Morgan fingerprint density at radius 2 is 2.23 bits per heavy atom. The van der Waals surface area contributed by atoms with Gasteiger partial charge in [0.15, 0.2) is 5.69 Å². The van der Waals surface area contributed by atoms with Gasteiger partial charge >= 0.3 is 0 Å². The molecule has 0 aliphatic carbocycles. The third-order valence-electron chi connectivity index (χ3n) is 3.93. The summed E-state index contributed by atoms with van der Waals surface area (Å²) in [5.74, 6) is -0.0921. The molecule has 1 atom stereocenters. The van der Waals surface area contributed by atoms with Crippen LogP contribution < -0.4 is 16.8 Å². The Balaban J connectivity index is 2.05.